The maximum atomic E-state index is 12.2. The van der Waals surface area contributed by atoms with Gasteiger partial charge in [-0.15, -0.1) is 0 Å². The molecule has 1 heterocycles. The molecule has 0 radical (unpaired) electrons. The van der Waals surface area contributed by atoms with Gasteiger partial charge in [0.25, 0.3) is 0 Å². The van der Waals surface area contributed by atoms with E-state index in [2.05, 4.69) is 5.10 Å². The Morgan fingerprint density at radius 3 is 2.47 bits per heavy atom. The summed E-state index contributed by atoms with van der Waals surface area (Å²) in [5, 5.41) is 4.86. The maximum absolute atomic E-state index is 12.2. The summed E-state index contributed by atoms with van der Waals surface area (Å²) in [7, 11) is 1.81. The Labute approximate surface area is 120 Å². The Balaban J connectivity index is 1.93. The van der Waals surface area contributed by atoms with Crippen LogP contribution in [0.25, 0.3) is 0 Å². The van der Waals surface area contributed by atoms with Crippen molar-refractivity contribution in [2.45, 2.75) is 58.3 Å². The summed E-state index contributed by atoms with van der Waals surface area (Å²) in [6, 6.07) is 0. The average Bonchev–Trinajstić information content (AvgIpc) is 2.60. The van der Waals surface area contributed by atoms with Crippen LogP contribution in [0.3, 0.4) is 0 Å². The van der Waals surface area contributed by atoms with Gasteiger partial charge in [-0.25, -0.2) is 0 Å². The molecule has 19 heavy (non-hydrogen) atoms. The predicted molar refractivity (Wildman–Crippen MR) is 77.5 cm³/mol. The molecule has 0 N–H and O–H groups in total. The highest BCUT2D eigenvalue weighted by molar-refractivity contribution is 6.30. The molecule has 0 bridgehead atoms. The molecule has 0 unspecified atom stereocenters. The first kappa shape index (κ1) is 14.6. The summed E-state index contributed by atoms with van der Waals surface area (Å²) in [5.74, 6) is 0.899. The first-order valence-electron chi connectivity index (χ1n) is 7.27. The van der Waals surface area contributed by atoms with Gasteiger partial charge in [-0.2, -0.15) is 5.10 Å². The smallest absolute Gasteiger partial charge is 0.137 e. The van der Waals surface area contributed by atoms with Crippen LogP contribution in [-0.2, 0) is 18.3 Å². The molecule has 1 saturated carbocycles. The number of aryl methyl sites for hydroxylation is 2. The number of carbonyl (C=O) groups excluding carboxylic acids is 1. The zero-order valence-corrected chi connectivity index (χ0v) is 12.7. The van der Waals surface area contributed by atoms with Crippen LogP contribution in [0.5, 0.6) is 0 Å². The van der Waals surface area contributed by atoms with E-state index in [1.165, 1.54) is 38.5 Å². The van der Waals surface area contributed by atoms with E-state index in [0.29, 0.717) is 29.7 Å². The molecule has 0 aromatic carbocycles. The lowest BCUT2D eigenvalue weighted by atomic mass is 9.92. The average molecular weight is 283 g/mol. The second-order valence-electron chi connectivity index (χ2n) is 5.76. The third-order valence-electron chi connectivity index (χ3n) is 4.13. The molecule has 0 spiro atoms. The van der Waals surface area contributed by atoms with Crippen LogP contribution in [0.2, 0.25) is 5.15 Å². The van der Waals surface area contributed by atoms with Crippen LogP contribution in [0.15, 0.2) is 0 Å². The van der Waals surface area contributed by atoms with Gasteiger partial charge >= 0.3 is 0 Å². The van der Waals surface area contributed by atoms with Crippen molar-refractivity contribution in [2.75, 3.05) is 0 Å². The molecule has 106 valence electrons. The zero-order chi connectivity index (χ0) is 13.8. The lowest BCUT2D eigenvalue weighted by Gasteiger charge is -2.12. The van der Waals surface area contributed by atoms with Crippen LogP contribution in [0.1, 0.15) is 56.2 Å². The first-order chi connectivity index (χ1) is 9.08. The van der Waals surface area contributed by atoms with E-state index in [0.717, 1.165) is 11.3 Å². The topological polar surface area (TPSA) is 34.9 Å². The first-order valence-corrected chi connectivity index (χ1v) is 7.65. The van der Waals surface area contributed by atoms with Crippen molar-refractivity contribution in [3.63, 3.8) is 0 Å². The molecule has 0 saturated heterocycles. The molecule has 1 aliphatic rings. The van der Waals surface area contributed by atoms with Gasteiger partial charge in [0.15, 0.2) is 0 Å². The summed E-state index contributed by atoms with van der Waals surface area (Å²) in [5.41, 5.74) is 1.78. The van der Waals surface area contributed by atoms with Crippen molar-refractivity contribution in [1.29, 1.82) is 0 Å². The largest absolute Gasteiger partial charge is 0.299 e. The number of ketones is 1. The van der Waals surface area contributed by atoms with Crippen LogP contribution in [-0.4, -0.2) is 15.6 Å². The van der Waals surface area contributed by atoms with E-state index in [-0.39, 0.29) is 0 Å². The van der Waals surface area contributed by atoms with Gasteiger partial charge in [0.1, 0.15) is 10.9 Å². The molecule has 4 heteroatoms. The van der Waals surface area contributed by atoms with Crippen molar-refractivity contribution in [3.8, 4) is 0 Å². The van der Waals surface area contributed by atoms with Crippen LogP contribution < -0.4 is 0 Å². The highest BCUT2D eigenvalue weighted by Gasteiger charge is 2.19. The van der Waals surface area contributed by atoms with Crippen molar-refractivity contribution in [2.24, 2.45) is 13.0 Å². The molecular weight excluding hydrogens is 260 g/mol. The molecule has 1 aliphatic carbocycles. The predicted octanol–water partition coefficient (Wildman–Crippen LogP) is 3.85. The van der Waals surface area contributed by atoms with E-state index in [1.807, 2.05) is 14.0 Å². The minimum absolute atomic E-state index is 0.310. The van der Waals surface area contributed by atoms with Crippen molar-refractivity contribution in [1.82, 2.24) is 9.78 Å². The van der Waals surface area contributed by atoms with Crippen molar-refractivity contribution >= 4 is 17.4 Å². The minimum Gasteiger partial charge on any atom is -0.299 e. The Kier molecular flexibility index (Phi) is 5.03. The van der Waals surface area contributed by atoms with E-state index in [9.17, 15) is 4.79 Å². The molecule has 1 aromatic rings. The third kappa shape index (κ3) is 3.82. The summed E-state index contributed by atoms with van der Waals surface area (Å²) < 4.78 is 1.64. The second kappa shape index (κ2) is 6.56. The van der Waals surface area contributed by atoms with Gasteiger partial charge in [0, 0.05) is 25.5 Å². The van der Waals surface area contributed by atoms with Gasteiger partial charge in [0.2, 0.25) is 0 Å². The molecule has 2 rings (SSSR count). The molecule has 0 atom stereocenters. The van der Waals surface area contributed by atoms with E-state index >= 15 is 0 Å². The molecule has 3 nitrogen and oxygen atoms in total. The lowest BCUT2D eigenvalue weighted by molar-refractivity contribution is -0.119. The van der Waals surface area contributed by atoms with Gasteiger partial charge in [-0.3, -0.25) is 9.48 Å². The molecule has 1 fully saturated rings. The second-order valence-corrected chi connectivity index (χ2v) is 6.11. The summed E-state index contributed by atoms with van der Waals surface area (Å²) in [4.78, 5) is 12.2. The number of nitrogens with zero attached hydrogens (tertiary/aromatic N) is 2. The fraction of sp³-hybridized carbons (Fsp3) is 0.733. The van der Waals surface area contributed by atoms with E-state index in [1.54, 1.807) is 4.68 Å². The standard InChI is InChI=1S/C15H23ClN2O/c1-11-14(15(16)18(2)17-11)10-13(19)9-12-7-5-3-4-6-8-12/h12H,3-10H2,1-2H3. The Hall–Kier alpha value is -0.830. The summed E-state index contributed by atoms with van der Waals surface area (Å²) in [6.45, 7) is 1.92. The van der Waals surface area contributed by atoms with Crippen molar-refractivity contribution in [3.05, 3.63) is 16.4 Å². The number of hydrogen-bond donors (Lipinski definition) is 0. The van der Waals surface area contributed by atoms with Crippen LogP contribution in [0, 0.1) is 12.8 Å². The number of carbonyl (C=O) groups is 1. The highest BCUT2D eigenvalue weighted by Crippen LogP contribution is 2.27. The van der Waals surface area contributed by atoms with Crippen LogP contribution >= 0.6 is 11.6 Å². The Morgan fingerprint density at radius 2 is 1.95 bits per heavy atom. The molecule has 0 aliphatic heterocycles. The van der Waals surface area contributed by atoms with E-state index in [4.69, 9.17) is 11.6 Å². The molecule has 1 aromatic heterocycles. The molecular formula is C15H23ClN2O. The summed E-state index contributed by atoms with van der Waals surface area (Å²) >= 11 is 6.18. The number of hydrogen-bond acceptors (Lipinski definition) is 2. The summed E-state index contributed by atoms with van der Waals surface area (Å²) in [6.07, 6.45) is 8.81. The fourth-order valence-electron chi connectivity index (χ4n) is 3.03. The number of Topliss-reactive ketones (excluding diaryl/α,β-unsaturated/α-hetero) is 1. The monoisotopic (exact) mass is 282 g/mol. The number of halogens is 1. The van der Waals surface area contributed by atoms with Crippen LogP contribution in [0.4, 0.5) is 0 Å². The van der Waals surface area contributed by atoms with Gasteiger partial charge in [-0.05, 0) is 12.8 Å². The normalized spacial score (nSPS) is 17.4. The van der Waals surface area contributed by atoms with E-state index < -0.39 is 0 Å². The SMILES string of the molecule is Cc1nn(C)c(Cl)c1CC(=O)CC1CCCCCC1. The quantitative estimate of drug-likeness (QED) is 0.786. The highest BCUT2D eigenvalue weighted by atomic mass is 35.5. The lowest BCUT2D eigenvalue weighted by Crippen LogP contribution is -2.11. The maximum Gasteiger partial charge on any atom is 0.137 e. The molecule has 0 amide bonds. The Bertz CT molecular complexity index is 445. The Morgan fingerprint density at radius 1 is 1.32 bits per heavy atom. The third-order valence-corrected chi connectivity index (χ3v) is 4.61. The van der Waals surface area contributed by atoms with Crippen molar-refractivity contribution < 1.29 is 4.79 Å². The van der Waals surface area contributed by atoms with Gasteiger partial charge < -0.3 is 0 Å². The zero-order valence-electron chi connectivity index (χ0n) is 11.9. The van der Waals surface area contributed by atoms with Gasteiger partial charge in [-0.1, -0.05) is 50.1 Å². The van der Waals surface area contributed by atoms with Gasteiger partial charge in [0.05, 0.1) is 5.69 Å². The minimum atomic E-state index is 0.310. The number of aromatic nitrogens is 2. The number of rotatable bonds is 4. The fourth-order valence-corrected chi connectivity index (χ4v) is 3.28.